The van der Waals surface area contributed by atoms with Gasteiger partial charge in [0.25, 0.3) is 0 Å². The number of rotatable bonds is 5. The summed E-state index contributed by atoms with van der Waals surface area (Å²) in [6.45, 7) is 12.6. The van der Waals surface area contributed by atoms with Gasteiger partial charge >= 0.3 is 18.1 Å². The van der Waals surface area contributed by atoms with E-state index in [1.165, 1.54) is 0 Å². The Morgan fingerprint density at radius 3 is 2.19 bits per heavy atom. The molecule has 0 radical (unpaired) electrons. The normalized spacial score (nSPS) is 22.0. The number of esters is 1. The van der Waals surface area contributed by atoms with Gasteiger partial charge in [-0.1, -0.05) is 27.4 Å². The van der Waals surface area contributed by atoms with Crippen LogP contribution >= 0.6 is 0 Å². The maximum Gasteiger partial charge on any atom is 0.514 e. The van der Waals surface area contributed by atoms with Crippen LogP contribution in [0.5, 0.6) is 0 Å². The van der Waals surface area contributed by atoms with E-state index in [0.29, 0.717) is 6.42 Å². The first-order valence-corrected chi connectivity index (χ1v) is 6.55. The second-order valence-corrected chi connectivity index (χ2v) is 6.61. The third-order valence-electron chi connectivity index (χ3n) is 2.40. The summed E-state index contributed by atoms with van der Waals surface area (Å²) >= 11 is 0. The number of ether oxygens (including phenoxy) is 3. The van der Waals surface area contributed by atoms with E-state index in [1.807, 2.05) is 20.8 Å². The predicted molar refractivity (Wildman–Crippen MR) is 71.8 cm³/mol. The number of carbonyl (C=O) groups excluding carboxylic acids is 2. The van der Waals surface area contributed by atoms with Crippen LogP contribution in [0.2, 0.25) is 0 Å². The Labute approximate surface area is 124 Å². The molecule has 7 nitrogen and oxygen atoms in total. The van der Waals surface area contributed by atoms with Crippen molar-refractivity contribution in [3.05, 3.63) is 12.7 Å². The summed E-state index contributed by atoms with van der Waals surface area (Å²) in [6.07, 6.45) is 0.525. The first-order chi connectivity index (χ1) is 9.47. The van der Waals surface area contributed by atoms with Crippen molar-refractivity contribution < 1.29 is 33.6 Å². The Balaban J connectivity index is 2.59. The molecule has 0 aromatic rings. The van der Waals surface area contributed by atoms with Crippen LogP contribution in [0.4, 0.5) is 4.79 Å². The SMILES string of the molecule is C=CC(=O)OC1(OC(=O)OC(C)(C)CC(C)(C)C)COO1. The summed E-state index contributed by atoms with van der Waals surface area (Å²) in [5.74, 6) is -2.71. The summed E-state index contributed by atoms with van der Waals surface area (Å²) in [5.41, 5.74) is -0.781. The Bertz CT molecular complexity index is 416. The lowest BCUT2D eigenvalue weighted by Crippen LogP contribution is -2.54. The highest BCUT2D eigenvalue weighted by molar-refractivity contribution is 5.81. The zero-order valence-corrected chi connectivity index (χ0v) is 13.1. The van der Waals surface area contributed by atoms with Gasteiger partial charge in [-0.2, -0.15) is 0 Å². The third-order valence-corrected chi connectivity index (χ3v) is 2.40. The second-order valence-electron chi connectivity index (χ2n) is 6.61. The molecule has 120 valence electrons. The van der Waals surface area contributed by atoms with Crippen LogP contribution in [0, 0.1) is 5.41 Å². The van der Waals surface area contributed by atoms with E-state index in [2.05, 4.69) is 16.4 Å². The topological polar surface area (TPSA) is 80.3 Å². The molecule has 1 aliphatic rings. The maximum atomic E-state index is 11.8. The molecular formula is C14H22O7. The van der Waals surface area contributed by atoms with E-state index in [9.17, 15) is 9.59 Å². The van der Waals surface area contributed by atoms with Gasteiger partial charge in [-0.25, -0.2) is 14.5 Å². The van der Waals surface area contributed by atoms with Crippen molar-refractivity contribution in [2.45, 2.75) is 52.6 Å². The zero-order valence-electron chi connectivity index (χ0n) is 13.1. The monoisotopic (exact) mass is 302 g/mol. The molecule has 0 bridgehead atoms. The Hall–Kier alpha value is -1.60. The molecule has 21 heavy (non-hydrogen) atoms. The van der Waals surface area contributed by atoms with Crippen LogP contribution < -0.4 is 0 Å². The summed E-state index contributed by atoms with van der Waals surface area (Å²) in [6, 6.07) is 0. The van der Waals surface area contributed by atoms with Gasteiger partial charge in [-0.05, 0) is 25.7 Å². The molecule has 0 N–H and O–H groups in total. The fourth-order valence-corrected chi connectivity index (χ4v) is 2.15. The van der Waals surface area contributed by atoms with Crippen LogP contribution in [0.25, 0.3) is 0 Å². The van der Waals surface area contributed by atoms with Gasteiger partial charge in [-0.15, -0.1) is 4.89 Å². The summed E-state index contributed by atoms with van der Waals surface area (Å²) < 4.78 is 14.9. The van der Waals surface area contributed by atoms with Crippen molar-refractivity contribution in [1.82, 2.24) is 0 Å². The number of hydrogen-bond acceptors (Lipinski definition) is 7. The summed E-state index contributed by atoms with van der Waals surface area (Å²) in [4.78, 5) is 32.0. The molecule has 1 atom stereocenters. The van der Waals surface area contributed by atoms with Gasteiger partial charge < -0.3 is 14.2 Å². The molecule has 0 aliphatic carbocycles. The average Bonchev–Trinajstić information content (AvgIpc) is 2.21. The minimum absolute atomic E-state index is 0.0349. The van der Waals surface area contributed by atoms with E-state index in [0.717, 1.165) is 6.08 Å². The number of hydrogen-bond donors (Lipinski definition) is 0. The summed E-state index contributed by atoms with van der Waals surface area (Å²) in [5, 5.41) is 0. The Kier molecular flexibility index (Phi) is 5.01. The molecule has 0 aromatic carbocycles. The first kappa shape index (κ1) is 17.5. The molecule has 1 rings (SSSR count). The third kappa shape index (κ3) is 5.73. The van der Waals surface area contributed by atoms with Crippen LogP contribution in [0.1, 0.15) is 41.0 Å². The Morgan fingerprint density at radius 1 is 1.24 bits per heavy atom. The van der Waals surface area contributed by atoms with Gasteiger partial charge in [0.2, 0.25) is 0 Å². The van der Waals surface area contributed by atoms with Crippen LogP contribution in [0.3, 0.4) is 0 Å². The van der Waals surface area contributed by atoms with Crippen LogP contribution in [-0.4, -0.2) is 30.3 Å². The predicted octanol–water partition coefficient (Wildman–Crippen LogP) is 2.70. The summed E-state index contributed by atoms with van der Waals surface area (Å²) in [7, 11) is 0. The molecule has 1 saturated heterocycles. The Morgan fingerprint density at radius 2 is 1.81 bits per heavy atom. The minimum atomic E-state index is -1.90. The molecule has 0 aromatic heterocycles. The minimum Gasteiger partial charge on any atom is -0.428 e. The van der Waals surface area contributed by atoms with Crippen molar-refractivity contribution in [2.75, 3.05) is 6.61 Å². The smallest absolute Gasteiger partial charge is 0.428 e. The van der Waals surface area contributed by atoms with Crippen molar-refractivity contribution in [2.24, 2.45) is 5.41 Å². The zero-order chi connectivity index (χ0) is 16.3. The van der Waals surface area contributed by atoms with Gasteiger partial charge in [0, 0.05) is 6.08 Å². The molecule has 0 amide bonds. The largest absolute Gasteiger partial charge is 0.514 e. The van der Waals surface area contributed by atoms with Gasteiger partial charge in [0.05, 0.1) is 0 Å². The molecule has 1 heterocycles. The standard InChI is InChI=1S/C14H22O7/c1-7-10(15)18-14(9-17-21-14)20-11(16)19-13(5,6)8-12(2,3)4/h7H,1,8-9H2,2-6H3. The second kappa shape index (κ2) is 6.03. The highest BCUT2D eigenvalue weighted by atomic mass is 17.3. The molecule has 1 aliphatic heterocycles. The molecule has 7 heteroatoms. The molecule has 0 spiro atoms. The van der Waals surface area contributed by atoms with Crippen molar-refractivity contribution in [3.63, 3.8) is 0 Å². The van der Waals surface area contributed by atoms with Crippen molar-refractivity contribution in [1.29, 1.82) is 0 Å². The van der Waals surface area contributed by atoms with Crippen LogP contribution in [-0.2, 0) is 28.8 Å². The molecule has 1 fully saturated rings. The van der Waals surface area contributed by atoms with Gasteiger partial charge in [0.15, 0.2) is 6.61 Å². The van der Waals surface area contributed by atoms with Gasteiger partial charge in [0.1, 0.15) is 5.60 Å². The lowest BCUT2D eigenvalue weighted by molar-refractivity contribution is -0.586. The quantitative estimate of drug-likeness (QED) is 0.334. The lowest BCUT2D eigenvalue weighted by atomic mass is 9.84. The molecule has 0 saturated carbocycles. The average molecular weight is 302 g/mol. The van der Waals surface area contributed by atoms with Crippen molar-refractivity contribution in [3.8, 4) is 0 Å². The van der Waals surface area contributed by atoms with E-state index in [1.54, 1.807) is 13.8 Å². The van der Waals surface area contributed by atoms with E-state index in [-0.39, 0.29) is 12.0 Å². The molecule has 1 unspecified atom stereocenters. The fraction of sp³-hybridized carbons (Fsp3) is 0.714. The van der Waals surface area contributed by atoms with Crippen LogP contribution in [0.15, 0.2) is 12.7 Å². The van der Waals surface area contributed by atoms with Gasteiger partial charge in [-0.3, -0.25) is 0 Å². The maximum absolute atomic E-state index is 11.8. The van der Waals surface area contributed by atoms with E-state index >= 15 is 0 Å². The van der Waals surface area contributed by atoms with Crippen molar-refractivity contribution >= 4 is 12.1 Å². The number of carbonyl (C=O) groups is 2. The molecular weight excluding hydrogens is 280 g/mol. The first-order valence-electron chi connectivity index (χ1n) is 6.55. The van der Waals surface area contributed by atoms with E-state index in [4.69, 9.17) is 14.2 Å². The highest BCUT2D eigenvalue weighted by Crippen LogP contribution is 2.31. The van der Waals surface area contributed by atoms with E-state index < -0.39 is 23.7 Å². The lowest BCUT2D eigenvalue weighted by Gasteiger charge is -2.37. The fourth-order valence-electron chi connectivity index (χ4n) is 2.15. The highest BCUT2D eigenvalue weighted by Gasteiger charge is 2.51.